The van der Waals surface area contributed by atoms with Crippen LogP contribution in [0.4, 0.5) is 0 Å². The fraction of sp³-hybridized carbons (Fsp3) is 1.00. The summed E-state index contributed by atoms with van der Waals surface area (Å²) in [7, 11) is 0. The average molecular weight is 213 g/mol. The van der Waals surface area contributed by atoms with Crippen LogP contribution < -0.4 is 5.32 Å². The summed E-state index contributed by atoms with van der Waals surface area (Å²) in [5, 5.41) is 12.9. The highest BCUT2D eigenvalue weighted by Gasteiger charge is 2.16. The Morgan fingerprint density at radius 1 is 1.20 bits per heavy atom. The van der Waals surface area contributed by atoms with Gasteiger partial charge in [0.2, 0.25) is 0 Å². The molecule has 0 aromatic heterocycles. The molecule has 0 spiro atoms. The largest absolute Gasteiger partial charge is 0.395 e. The van der Waals surface area contributed by atoms with Gasteiger partial charge < -0.3 is 10.4 Å². The van der Waals surface area contributed by atoms with Gasteiger partial charge >= 0.3 is 0 Å². The first-order valence-electron chi connectivity index (χ1n) is 6.73. The molecule has 0 radical (unpaired) electrons. The topological polar surface area (TPSA) is 32.3 Å². The first kappa shape index (κ1) is 13.0. The van der Waals surface area contributed by atoms with Gasteiger partial charge in [0, 0.05) is 12.1 Å². The number of aliphatic hydroxyl groups is 1. The summed E-state index contributed by atoms with van der Waals surface area (Å²) < 4.78 is 0. The van der Waals surface area contributed by atoms with Crippen LogP contribution in [0, 0.1) is 0 Å². The van der Waals surface area contributed by atoms with Gasteiger partial charge in [-0.25, -0.2) is 0 Å². The maximum absolute atomic E-state index is 9.29. The van der Waals surface area contributed by atoms with Crippen LogP contribution in [0.1, 0.15) is 64.7 Å². The first-order valence-corrected chi connectivity index (χ1v) is 6.73. The Hall–Kier alpha value is -0.0800. The molecule has 2 N–H and O–H groups in total. The van der Waals surface area contributed by atoms with Gasteiger partial charge in [0.15, 0.2) is 0 Å². The summed E-state index contributed by atoms with van der Waals surface area (Å²) in [6.45, 7) is 2.53. The standard InChI is InChI=1S/C13H27NO/c1-2-3-5-10-13(11-15)14-12-8-6-4-7-9-12/h12-15H,2-11H2,1H3. The van der Waals surface area contributed by atoms with Crippen LogP contribution in [-0.2, 0) is 0 Å². The molecule has 2 nitrogen and oxygen atoms in total. The van der Waals surface area contributed by atoms with Gasteiger partial charge in [0.05, 0.1) is 6.61 Å². The van der Waals surface area contributed by atoms with Crippen LogP contribution in [-0.4, -0.2) is 23.8 Å². The molecule has 90 valence electrons. The third-order valence-electron chi connectivity index (χ3n) is 3.45. The normalized spacial score (nSPS) is 20.4. The Bertz CT molecular complexity index is 143. The molecule has 0 heterocycles. The predicted molar refractivity (Wildman–Crippen MR) is 65.0 cm³/mol. The quantitative estimate of drug-likeness (QED) is 0.637. The zero-order valence-electron chi connectivity index (χ0n) is 10.2. The highest BCUT2D eigenvalue weighted by molar-refractivity contribution is 4.76. The van der Waals surface area contributed by atoms with Crippen LogP contribution in [0.5, 0.6) is 0 Å². The van der Waals surface area contributed by atoms with Crippen molar-refractivity contribution >= 4 is 0 Å². The van der Waals surface area contributed by atoms with E-state index in [4.69, 9.17) is 0 Å². The maximum atomic E-state index is 9.29. The third kappa shape index (κ3) is 5.53. The Morgan fingerprint density at radius 2 is 1.93 bits per heavy atom. The molecule has 1 unspecified atom stereocenters. The second kappa shape index (κ2) is 8.12. The van der Waals surface area contributed by atoms with E-state index in [0.717, 1.165) is 6.42 Å². The molecular formula is C13H27NO. The minimum atomic E-state index is 0.306. The number of rotatable bonds is 7. The summed E-state index contributed by atoms with van der Waals surface area (Å²) in [5.41, 5.74) is 0. The minimum absolute atomic E-state index is 0.306. The van der Waals surface area contributed by atoms with Crippen LogP contribution in [0.25, 0.3) is 0 Å². The van der Waals surface area contributed by atoms with Crippen molar-refractivity contribution in [2.45, 2.75) is 76.8 Å². The molecule has 15 heavy (non-hydrogen) atoms. The SMILES string of the molecule is CCCCCC(CO)NC1CCCCC1. The lowest BCUT2D eigenvalue weighted by Gasteiger charge is -2.27. The number of hydrogen-bond acceptors (Lipinski definition) is 2. The van der Waals surface area contributed by atoms with Crippen molar-refractivity contribution in [1.82, 2.24) is 5.32 Å². The second-order valence-corrected chi connectivity index (χ2v) is 4.88. The zero-order chi connectivity index (χ0) is 10.9. The first-order chi connectivity index (χ1) is 7.36. The predicted octanol–water partition coefficient (Wildman–Crippen LogP) is 2.85. The van der Waals surface area contributed by atoms with E-state index in [1.54, 1.807) is 0 Å². The fourth-order valence-electron chi connectivity index (χ4n) is 2.47. The minimum Gasteiger partial charge on any atom is -0.395 e. The van der Waals surface area contributed by atoms with Crippen molar-refractivity contribution in [3.8, 4) is 0 Å². The smallest absolute Gasteiger partial charge is 0.0584 e. The number of aliphatic hydroxyl groups excluding tert-OH is 1. The van der Waals surface area contributed by atoms with E-state index in [-0.39, 0.29) is 0 Å². The molecule has 1 fully saturated rings. The highest BCUT2D eigenvalue weighted by Crippen LogP contribution is 2.18. The van der Waals surface area contributed by atoms with Gasteiger partial charge in [-0.2, -0.15) is 0 Å². The van der Waals surface area contributed by atoms with Crippen molar-refractivity contribution in [3.63, 3.8) is 0 Å². The van der Waals surface area contributed by atoms with Crippen molar-refractivity contribution in [2.24, 2.45) is 0 Å². The molecule has 0 saturated heterocycles. The molecule has 0 bridgehead atoms. The van der Waals surface area contributed by atoms with Crippen LogP contribution in [0.15, 0.2) is 0 Å². The van der Waals surface area contributed by atoms with Gasteiger partial charge in [-0.3, -0.25) is 0 Å². The van der Waals surface area contributed by atoms with E-state index < -0.39 is 0 Å². The summed E-state index contributed by atoms with van der Waals surface area (Å²) in [6.07, 6.45) is 11.7. The maximum Gasteiger partial charge on any atom is 0.0584 e. The van der Waals surface area contributed by atoms with Crippen molar-refractivity contribution in [1.29, 1.82) is 0 Å². The van der Waals surface area contributed by atoms with Gasteiger partial charge in [-0.05, 0) is 19.3 Å². The van der Waals surface area contributed by atoms with Crippen molar-refractivity contribution < 1.29 is 5.11 Å². The molecule has 1 saturated carbocycles. The molecule has 1 aliphatic rings. The lowest BCUT2D eigenvalue weighted by molar-refractivity contribution is 0.209. The van der Waals surface area contributed by atoms with Gasteiger partial charge in [0.1, 0.15) is 0 Å². The highest BCUT2D eigenvalue weighted by atomic mass is 16.3. The van der Waals surface area contributed by atoms with Gasteiger partial charge in [0.25, 0.3) is 0 Å². The van der Waals surface area contributed by atoms with E-state index in [0.29, 0.717) is 18.7 Å². The molecule has 0 amide bonds. The lowest BCUT2D eigenvalue weighted by atomic mass is 9.94. The molecule has 1 rings (SSSR count). The fourth-order valence-corrected chi connectivity index (χ4v) is 2.47. The Labute approximate surface area is 94.5 Å². The lowest BCUT2D eigenvalue weighted by Crippen LogP contribution is -2.41. The Balaban J connectivity index is 2.13. The third-order valence-corrected chi connectivity index (χ3v) is 3.45. The zero-order valence-corrected chi connectivity index (χ0v) is 10.2. The summed E-state index contributed by atoms with van der Waals surface area (Å²) in [6, 6.07) is 1.03. The van der Waals surface area contributed by atoms with E-state index in [9.17, 15) is 5.11 Å². The molecule has 0 aromatic rings. The number of nitrogens with one attached hydrogen (secondary N) is 1. The molecule has 2 heteroatoms. The van der Waals surface area contributed by atoms with E-state index in [1.165, 1.54) is 51.4 Å². The van der Waals surface area contributed by atoms with Crippen LogP contribution in [0.2, 0.25) is 0 Å². The van der Waals surface area contributed by atoms with Gasteiger partial charge in [-0.1, -0.05) is 45.4 Å². The molecule has 0 aliphatic heterocycles. The molecular weight excluding hydrogens is 186 g/mol. The Morgan fingerprint density at radius 3 is 2.53 bits per heavy atom. The Kier molecular flexibility index (Phi) is 7.03. The summed E-state index contributed by atoms with van der Waals surface area (Å²) in [5.74, 6) is 0. The molecule has 1 aliphatic carbocycles. The van der Waals surface area contributed by atoms with Crippen LogP contribution >= 0.6 is 0 Å². The molecule has 0 aromatic carbocycles. The van der Waals surface area contributed by atoms with Crippen LogP contribution in [0.3, 0.4) is 0 Å². The summed E-state index contributed by atoms with van der Waals surface area (Å²) in [4.78, 5) is 0. The monoisotopic (exact) mass is 213 g/mol. The number of unbranched alkanes of at least 4 members (excludes halogenated alkanes) is 2. The van der Waals surface area contributed by atoms with E-state index >= 15 is 0 Å². The summed E-state index contributed by atoms with van der Waals surface area (Å²) >= 11 is 0. The van der Waals surface area contributed by atoms with E-state index in [1.807, 2.05) is 0 Å². The van der Waals surface area contributed by atoms with E-state index in [2.05, 4.69) is 12.2 Å². The average Bonchev–Trinajstić information content (AvgIpc) is 2.29. The van der Waals surface area contributed by atoms with Crippen molar-refractivity contribution in [3.05, 3.63) is 0 Å². The second-order valence-electron chi connectivity index (χ2n) is 4.88. The van der Waals surface area contributed by atoms with Crippen molar-refractivity contribution in [2.75, 3.05) is 6.61 Å². The molecule has 1 atom stereocenters. The number of hydrogen-bond donors (Lipinski definition) is 2. The van der Waals surface area contributed by atoms with Gasteiger partial charge in [-0.15, -0.1) is 0 Å².